The molecule has 0 atom stereocenters. The first kappa shape index (κ1) is 21.4. The van der Waals surface area contributed by atoms with Gasteiger partial charge >= 0.3 is 0 Å². The third-order valence-corrected chi connectivity index (χ3v) is 6.14. The van der Waals surface area contributed by atoms with E-state index in [0.29, 0.717) is 38.5 Å². The fraction of sp³-hybridized carbons (Fsp3) is 0. The molecule has 5 aromatic carbocycles. The van der Waals surface area contributed by atoms with Crippen molar-refractivity contribution in [3.63, 3.8) is 0 Å². The molecule has 0 aliphatic rings. The van der Waals surface area contributed by atoms with Gasteiger partial charge in [0.25, 0.3) is 0 Å². The van der Waals surface area contributed by atoms with Crippen LogP contribution in [0.15, 0.2) is 115 Å². The average molecular weight is 474 g/mol. The van der Waals surface area contributed by atoms with Crippen LogP contribution in [0.3, 0.4) is 0 Å². The number of hydrogen-bond donors (Lipinski definition) is 2. The van der Waals surface area contributed by atoms with E-state index in [9.17, 15) is 19.8 Å². The fourth-order valence-electron chi connectivity index (χ4n) is 4.37. The molecule has 9 rings (SSSR count). The first-order valence-corrected chi connectivity index (χ1v) is 11.2. The van der Waals surface area contributed by atoms with E-state index in [0.717, 1.165) is 0 Å². The summed E-state index contributed by atoms with van der Waals surface area (Å²) < 4.78 is 12.0. The van der Waals surface area contributed by atoms with Crippen molar-refractivity contribution in [2.75, 3.05) is 0 Å². The van der Waals surface area contributed by atoms with Crippen LogP contribution in [0.4, 0.5) is 0 Å². The van der Waals surface area contributed by atoms with Crippen molar-refractivity contribution < 1.29 is 19.0 Å². The topological polar surface area (TPSA) is 101 Å². The van der Waals surface area contributed by atoms with E-state index in [2.05, 4.69) is 0 Å². The molecule has 0 saturated heterocycles. The predicted octanol–water partition coefficient (Wildman–Crippen LogP) is 6.46. The number of aromatic hydroxyl groups is 2. The molecule has 0 aliphatic carbocycles. The maximum absolute atomic E-state index is 13.0. The van der Waals surface area contributed by atoms with Crippen molar-refractivity contribution in [1.82, 2.24) is 0 Å². The zero-order valence-electron chi connectivity index (χ0n) is 18.8. The Hall–Kier alpha value is -5.10. The Balaban J connectivity index is 1.94. The number of para-hydroxylation sites is 2. The van der Waals surface area contributed by atoms with Crippen molar-refractivity contribution in [3.05, 3.63) is 118 Å². The summed E-state index contributed by atoms with van der Waals surface area (Å²) in [5, 5.41) is 23.8. The minimum Gasteiger partial charge on any atom is -0.507 e. The fourth-order valence-corrected chi connectivity index (χ4v) is 4.37. The van der Waals surface area contributed by atoms with Gasteiger partial charge in [-0.2, -0.15) is 0 Å². The summed E-state index contributed by atoms with van der Waals surface area (Å²) in [6.07, 6.45) is 0. The van der Waals surface area contributed by atoms with Crippen molar-refractivity contribution in [1.29, 1.82) is 0 Å². The van der Waals surface area contributed by atoms with Crippen LogP contribution >= 0.6 is 0 Å². The second kappa shape index (κ2) is 8.29. The quantitative estimate of drug-likeness (QED) is 0.262. The highest BCUT2D eigenvalue weighted by atomic mass is 16.4. The molecule has 0 spiro atoms. The molecule has 174 valence electrons. The molecule has 0 radical (unpaired) electrons. The molecule has 0 unspecified atom stereocenters. The summed E-state index contributed by atoms with van der Waals surface area (Å²) in [5.74, 6) is -0.611. The van der Waals surface area contributed by atoms with Crippen LogP contribution in [0, 0.1) is 0 Å². The largest absolute Gasteiger partial charge is 0.507 e. The van der Waals surface area contributed by atoms with Gasteiger partial charge in [0.2, 0.25) is 0 Å². The van der Waals surface area contributed by atoms with Gasteiger partial charge < -0.3 is 19.0 Å². The van der Waals surface area contributed by atoms with E-state index in [-0.39, 0.29) is 27.7 Å². The van der Waals surface area contributed by atoms with Gasteiger partial charge in [0, 0.05) is 16.2 Å². The van der Waals surface area contributed by atoms with Crippen molar-refractivity contribution >= 4 is 54.6 Å². The van der Waals surface area contributed by atoms with Crippen LogP contribution in [0.1, 0.15) is 0 Å². The van der Waals surface area contributed by atoms with Gasteiger partial charge in [0.1, 0.15) is 22.7 Å². The molecule has 0 amide bonds. The molecular weight excluding hydrogens is 456 g/mol. The first-order chi connectivity index (χ1) is 17.5. The average Bonchev–Trinajstić information content (AvgIpc) is 2.90. The SMILES string of the molecule is O=c1ccc2ccc(=O)c3c(O)c4ccc(cc4)oc4ccccc4oc4ccc(cc4)c(O)c1c23. The van der Waals surface area contributed by atoms with Crippen molar-refractivity contribution in [2.24, 2.45) is 0 Å². The van der Waals surface area contributed by atoms with E-state index in [1.807, 2.05) is 12.1 Å². The molecule has 4 aromatic heterocycles. The lowest BCUT2D eigenvalue weighted by molar-refractivity contribution is 0.487. The Morgan fingerprint density at radius 2 is 0.833 bits per heavy atom. The lowest BCUT2D eigenvalue weighted by Crippen LogP contribution is -2.04. The highest BCUT2D eigenvalue weighted by molar-refractivity contribution is 6.14. The molecule has 6 heteroatoms. The van der Waals surface area contributed by atoms with E-state index in [4.69, 9.17) is 8.83 Å². The monoisotopic (exact) mass is 474 g/mol. The van der Waals surface area contributed by atoms with E-state index >= 15 is 0 Å². The van der Waals surface area contributed by atoms with E-state index in [1.165, 1.54) is 12.1 Å². The summed E-state index contributed by atoms with van der Waals surface area (Å²) in [6.45, 7) is 0. The van der Waals surface area contributed by atoms with E-state index in [1.54, 1.807) is 72.8 Å². The van der Waals surface area contributed by atoms with Crippen molar-refractivity contribution in [3.8, 4) is 11.5 Å². The van der Waals surface area contributed by atoms with Crippen LogP contribution in [0.25, 0.3) is 54.6 Å². The van der Waals surface area contributed by atoms with Gasteiger partial charge in [-0.1, -0.05) is 24.3 Å². The minimum absolute atomic E-state index is 0.0602. The summed E-state index contributed by atoms with van der Waals surface area (Å²) >= 11 is 0. The summed E-state index contributed by atoms with van der Waals surface area (Å²) in [4.78, 5) is 26.0. The smallest absolute Gasteiger partial charge is 0.190 e. The minimum atomic E-state index is -0.476. The molecule has 36 heavy (non-hydrogen) atoms. The molecule has 0 aliphatic heterocycles. The van der Waals surface area contributed by atoms with Crippen LogP contribution < -0.4 is 10.9 Å². The maximum Gasteiger partial charge on any atom is 0.190 e. The lowest BCUT2D eigenvalue weighted by atomic mass is 9.99. The van der Waals surface area contributed by atoms with Gasteiger partial charge in [-0.3, -0.25) is 9.59 Å². The number of rotatable bonds is 0. The summed E-state index contributed by atoms with van der Waals surface area (Å²) in [7, 11) is 0. The highest BCUT2D eigenvalue weighted by Gasteiger charge is 2.13. The molecule has 4 heterocycles. The molecule has 2 N–H and O–H groups in total. The normalized spacial score (nSPS) is 11.2. The zero-order chi connectivity index (χ0) is 24.8. The molecule has 0 fully saturated rings. The van der Waals surface area contributed by atoms with Gasteiger partial charge in [-0.05, 0) is 78.2 Å². The first-order valence-electron chi connectivity index (χ1n) is 11.2. The molecule has 0 saturated carbocycles. The van der Waals surface area contributed by atoms with Crippen molar-refractivity contribution in [2.45, 2.75) is 0 Å². The third-order valence-electron chi connectivity index (χ3n) is 6.14. The molecule has 6 nitrogen and oxygen atoms in total. The highest BCUT2D eigenvalue weighted by Crippen LogP contribution is 2.33. The van der Waals surface area contributed by atoms with E-state index < -0.39 is 10.9 Å². The second-order valence-corrected chi connectivity index (χ2v) is 8.37. The Bertz CT molecular complexity index is 1880. The Labute approximate surface area is 202 Å². The Kier molecular flexibility index (Phi) is 4.93. The van der Waals surface area contributed by atoms with Gasteiger partial charge in [-0.15, -0.1) is 0 Å². The standard InChI is InChI=1S/C30H18O6/c31-22-15-9-17-10-16-23(32)28-26(17)27(22)29(33)18-5-11-20(12-6-18)35-24-3-1-2-4-25(24)36-21-13-7-19(8-14-21)30(28)34/h1-16,33-34H. The Morgan fingerprint density at radius 1 is 0.444 bits per heavy atom. The maximum atomic E-state index is 13.0. The van der Waals surface area contributed by atoms with Crippen LogP contribution in [0.5, 0.6) is 11.5 Å². The Morgan fingerprint density at radius 3 is 1.25 bits per heavy atom. The number of benzene rings is 5. The summed E-state index contributed by atoms with van der Waals surface area (Å²) in [6, 6.07) is 26.1. The van der Waals surface area contributed by atoms with Crippen LogP contribution in [0.2, 0.25) is 0 Å². The zero-order valence-corrected chi connectivity index (χ0v) is 18.8. The molecular formula is C30H18O6. The summed E-state index contributed by atoms with van der Waals surface area (Å²) in [5.41, 5.74) is 1.01. The third kappa shape index (κ3) is 3.52. The van der Waals surface area contributed by atoms with Crippen LogP contribution in [-0.2, 0) is 0 Å². The molecule has 4 bridgehead atoms. The van der Waals surface area contributed by atoms with Crippen LogP contribution in [-0.4, -0.2) is 10.2 Å². The lowest BCUT2D eigenvalue weighted by Gasteiger charge is -2.05. The predicted molar refractivity (Wildman–Crippen MR) is 141 cm³/mol. The van der Waals surface area contributed by atoms with Gasteiger partial charge in [0.15, 0.2) is 22.0 Å². The van der Waals surface area contributed by atoms with Gasteiger partial charge in [-0.25, -0.2) is 0 Å². The second-order valence-electron chi connectivity index (χ2n) is 8.37. The van der Waals surface area contributed by atoms with Gasteiger partial charge in [0.05, 0.1) is 10.8 Å². The number of hydrogen-bond acceptors (Lipinski definition) is 6. The molecule has 9 aromatic rings.